The molecule has 0 saturated heterocycles. The fourth-order valence-electron chi connectivity index (χ4n) is 2.48. The minimum atomic E-state index is -1.20. The van der Waals surface area contributed by atoms with Crippen LogP contribution in [0.3, 0.4) is 0 Å². The second-order valence-electron chi connectivity index (χ2n) is 4.67. The number of nitro benzene ring substituents is 1. The average molecular weight is 282 g/mol. The summed E-state index contributed by atoms with van der Waals surface area (Å²) in [5, 5.41) is 28.4. The van der Waals surface area contributed by atoms with Gasteiger partial charge in [-0.05, 0) is 29.8 Å². The van der Waals surface area contributed by atoms with Crippen molar-refractivity contribution in [3.63, 3.8) is 0 Å². The Hall–Kier alpha value is -3.01. The van der Waals surface area contributed by atoms with Crippen LogP contribution in [0.25, 0.3) is 0 Å². The van der Waals surface area contributed by atoms with Crippen LogP contribution in [-0.2, 0) is 5.54 Å². The number of hydrogen-bond acceptors (Lipinski definition) is 6. The van der Waals surface area contributed by atoms with Crippen LogP contribution >= 0.6 is 0 Å². The van der Waals surface area contributed by atoms with Gasteiger partial charge in [0.15, 0.2) is 0 Å². The van der Waals surface area contributed by atoms with Crippen LogP contribution < -0.4 is 0 Å². The molecule has 2 unspecified atom stereocenters. The highest BCUT2D eigenvalue weighted by atomic mass is 16.6. The Labute approximate surface area is 119 Å². The van der Waals surface area contributed by atoms with Crippen LogP contribution in [0.1, 0.15) is 17.2 Å². The zero-order valence-corrected chi connectivity index (χ0v) is 10.8. The lowest BCUT2D eigenvalue weighted by molar-refractivity contribution is -0.384. The molecule has 21 heavy (non-hydrogen) atoms. The molecule has 1 aromatic carbocycles. The van der Waals surface area contributed by atoms with Crippen molar-refractivity contribution in [2.75, 3.05) is 6.54 Å². The molecular formula is C14H10N4O3. The molecule has 1 aliphatic rings. The maximum absolute atomic E-state index is 10.7. The molecule has 0 aliphatic carbocycles. The summed E-state index contributed by atoms with van der Waals surface area (Å²) >= 11 is 0. The predicted octanol–water partition coefficient (Wildman–Crippen LogP) is 3.16. The van der Waals surface area contributed by atoms with Gasteiger partial charge in [-0.15, -0.1) is 0 Å². The van der Waals surface area contributed by atoms with E-state index in [9.17, 15) is 15.4 Å². The van der Waals surface area contributed by atoms with E-state index >= 15 is 0 Å². The van der Waals surface area contributed by atoms with Gasteiger partial charge in [0.2, 0.25) is 5.54 Å². The first-order chi connectivity index (χ1) is 10.2. The molecule has 0 bridgehead atoms. The zero-order chi connectivity index (χ0) is 14.9. The summed E-state index contributed by atoms with van der Waals surface area (Å²) in [7, 11) is 0. The normalized spacial score (nSPS) is 23.9. The topological polar surface area (TPSA) is 105 Å². The highest BCUT2D eigenvalue weighted by Crippen LogP contribution is 2.44. The molecule has 7 heteroatoms. The van der Waals surface area contributed by atoms with Gasteiger partial charge in [0.25, 0.3) is 5.69 Å². The first-order valence-electron chi connectivity index (χ1n) is 6.25. The molecule has 0 spiro atoms. The van der Waals surface area contributed by atoms with Gasteiger partial charge in [-0.1, -0.05) is 0 Å². The third kappa shape index (κ3) is 1.97. The summed E-state index contributed by atoms with van der Waals surface area (Å²) in [5.41, 5.74) is -0.665. The van der Waals surface area contributed by atoms with E-state index in [-0.39, 0.29) is 11.6 Å². The number of benzene rings is 1. The number of nitrogens with zero attached hydrogens (tertiary/aromatic N) is 4. The van der Waals surface area contributed by atoms with E-state index in [4.69, 9.17) is 4.42 Å². The lowest BCUT2D eigenvalue weighted by Gasteiger charge is -2.23. The Morgan fingerprint density at radius 3 is 2.71 bits per heavy atom. The number of nitriles is 1. The summed E-state index contributed by atoms with van der Waals surface area (Å²) in [4.78, 5) is 10.2. The molecule has 0 radical (unpaired) electrons. The number of rotatable bonds is 3. The van der Waals surface area contributed by atoms with E-state index in [1.54, 1.807) is 24.3 Å². The molecule has 1 aromatic heterocycles. The molecule has 3 rings (SSSR count). The third-order valence-electron chi connectivity index (χ3n) is 3.57. The maximum Gasteiger partial charge on any atom is 0.269 e. The first kappa shape index (κ1) is 13.0. The van der Waals surface area contributed by atoms with Crippen molar-refractivity contribution in [3.05, 3.63) is 64.1 Å². The van der Waals surface area contributed by atoms with E-state index in [2.05, 4.69) is 16.3 Å². The van der Waals surface area contributed by atoms with Crippen LogP contribution in [-0.4, -0.2) is 11.5 Å². The molecule has 0 fully saturated rings. The second kappa shape index (κ2) is 4.83. The number of nitro groups is 1. The van der Waals surface area contributed by atoms with Crippen molar-refractivity contribution >= 4 is 5.69 Å². The fraction of sp³-hybridized carbons (Fsp3) is 0.214. The van der Waals surface area contributed by atoms with Gasteiger partial charge in [-0.25, -0.2) is 0 Å². The Balaban J connectivity index is 2.05. The van der Waals surface area contributed by atoms with Crippen molar-refractivity contribution in [2.24, 2.45) is 10.2 Å². The van der Waals surface area contributed by atoms with Crippen LogP contribution in [0, 0.1) is 21.4 Å². The molecule has 104 valence electrons. The zero-order valence-electron chi connectivity index (χ0n) is 10.8. The highest BCUT2D eigenvalue weighted by Gasteiger charge is 2.47. The molecule has 2 atom stereocenters. The molecule has 2 heterocycles. The summed E-state index contributed by atoms with van der Waals surface area (Å²) in [6.07, 6.45) is 1.53. The van der Waals surface area contributed by atoms with E-state index in [1.807, 2.05) is 0 Å². The van der Waals surface area contributed by atoms with E-state index in [1.165, 1.54) is 18.4 Å². The number of furan rings is 1. The van der Waals surface area contributed by atoms with Crippen LogP contribution in [0.4, 0.5) is 5.69 Å². The predicted molar refractivity (Wildman–Crippen MR) is 71.6 cm³/mol. The van der Waals surface area contributed by atoms with Gasteiger partial charge in [0.05, 0.1) is 23.6 Å². The number of azo groups is 1. The summed E-state index contributed by atoms with van der Waals surface area (Å²) in [6.45, 7) is 0.345. The first-order valence-corrected chi connectivity index (χ1v) is 6.25. The van der Waals surface area contributed by atoms with Crippen LogP contribution in [0.2, 0.25) is 0 Å². The molecule has 2 aromatic rings. The van der Waals surface area contributed by atoms with Crippen molar-refractivity contribution in [1.82, 2.24) is 0 Å². The van der Waals surface area contributed by atoms with Crippen molar-refractivity contribution in [1.29, 1.82) is 5.26 Å². The van der Waals surface area contributed by atoms with Gasteiger partial charge < -0.3 is 4.42 Å². The quantitative estimate of drug-likeness (QED) is 0.636. The second-order valence-corrected chi connectivity index (χ2v) is 4.67. The van der Waals surface area contributed by atoms with E-state index < -0.39 is 10.5 Å². The fourth-order valence-corrected chi connectivity index (χ4v) is 2.48. The standard InChI is InChI=1S/C14H10N4O3/c15-9-14(10-3-5-11(6-4-10)18(19)20)12(8-16-17-14)13-2-1-7-21-13/h1-7,12H,8H2. The molecule has 0 amide bonds. The van der Waals surface area contributed by atoms with Crippen molar-refractivity contribution in [2.45, 2.75) is 11.5 Å². The summed E-state index contributed by atoms with van der Waals surface area (Å²) in [5.74, 6) is 0.291. The molecule has 0 saturated carbocycles. The Morgan fingerprint density at radius 2 is 2.14 bits per heavy atom. The smallest absolute Gasteiger partial charge is 0.269 e. The van der Waals surface area contributed by atoms with Crippen molar-refractivity contribution in [3.8, 4) is 6.07 Å². The maximum atomic E-state index is 10.7. The Kier molecular flexibility index (Phi) is 2.99. The average Bonchev–Trinajstić information content (AvgIpc) is 3.16. The van der Waals surface area contributed by atoms with Crippen LogP contribution in [0.5, 0.6) is 0 Å². The molecular weight excluding hydrogens is 272 g/mol. The Morgan fingerprint density at radius 1 is 1.38 bits per heavy atom. The van der Waals surface area contributed by atoms with Gasteiger partial charge in [0.1, 0.15) is 11.8 Å². The Bertz CT molecular complexity index is 731. The minimum absolute atomic E-state index is 0.0312. The minimum Gasteiger partial charge on any atom is -0.469 e. The van der Waals surface area contributed by atoms with Crippen LogP contribution in [0.15, 0.2) is 57.3 Å². The third-order valence-corrected chi connectivity index (χ3v) is 3.57. The van der Waals surface area contributed by atoms with Gasteiger partial charge in [-0.3, -0.25) is 10.1 Å². The van der Waals surface area contributed by atoms with Gasteiger partial charge in [-0.2, -0.15) is 15.5 Å². The number of non-ortho nitro benzene ring substituents is 1. The van der Waals surface area contributed by atoms with E-state index in [0.29, 0.717) is 17.9 Å². The van der Waals surface area contributed by atoms with Gasteiger partial charge >= 0.3 is 0 Å². The number of hydrogen-bond donors (Lipinski definition) is 0. The van der Waals surface area contributed by atoms with Gasteiger partial charge in [0, 0.05) is 12.1 Å². The summed E-state index contributed by atoms with van der Waals surface area (Å²) < 4.78 is 5.38. The molecule has 1 aliphatic heterocycles. The SMILES string of the molecule is N#CC1(c2ccc([N+](=O)[O-])cc2)N=NCC1c1ccco1. The van der Waals surface area contributed by atoms with E-state index in [0.717, 1.165) is 0 Å². The highest BCUT2D eigenvalue weighted by molar-refractivity contribution is 5.43. The largest absolute Gasteiger partial charge is 0.469 e. The molecule has 7 nitrogen and oxygen atoms in total. The lowest BCUT2D eigenvalue weighted by atomic mass is 9.79. The van der Waals surface area contributed by atoms with Crippen molar-refractivity contribution < 1.29 is 9.34 Å². The summed E-state index contributed by atoms with van der Waals surface area (Å²) in [6, 6.07) is 11.5. The monoisotopic (exact) mass is 282 g/mol. The molecule has 0 N–H and O–H groups in total. The lowest BCUT2D eigenvalue weighted by Crippen LogP contribution is -2.27.